The van der Waals surface area contributed by atoms with Gasteiger partial charge in [0.2, 0.25) is 5.95 Å². The van der Waals surface area contributed by atoms with Gasteiger partial charge in [-0.25, -0.2) is 9.55 Å². The molecule has 0 spiro atoms. The monoisotopic (exact) mass is 425 g/mol. The Morgan fingerprint density at radius 3 is 2.92 bits per heavy atom. The van der Waals surface area contributed by atoms with Crippen LogP contribution in [0.25, 0.3) is 11.2 Å². The number of fused-ring (bicyclic) bond motifs is 1. The summed E-state index contributed by atoms with van der Waals surface area (Å²) < 4.78 is 22.1. The van der Waals surface area contributed by atoms with E-state index in [0.717, 1.165) is 0 Å². The molecule has 3 rings (SSSR count). The molecule has 0 aromatic carbocycles. The number of aliphatic hydroxyl groups excluding tert-OH is 1. The SMILES string of the molecule is Nc1nc2c(ncn2[C@@H]2O[C@H](COP(=O)(O)O)[C@@H](O)[C@H]2Br)c(=O)[nH]1. The van der Waals surface area contributed by atoms with Gasteiger partial charge >= 0.3 is 7.82 Å². The molecule has 12 nitrogen and oxygen atoms in total. The molecular weight excluding hydrogens is 413 g/mol. The average molecular weight is 426 g/mol. The zero-order chi connectivity index (χ0) is 17.6. The fourth-order valence-electron chi connectivity index (χ4n) is 2.37. The van der Waals surface area contributed by atoms with Crippen LogP contribution in [0.3, 0.4) is 0 Å². The lowest BCUT2D eigenvalue weighted by molar-refractivity contribution is -0.0422. The molecule has 1 saturated heterocycles. The third-order valence-electron chi connectivity index (χ3n) is 3.43. The number of nitrogens with one attached hydrogen (secondary N) is 1. The van der Waals surface area contributed by atoms with Gasteiger partial charge in [-0.3, -0.25) is 18.9 Å². The third kappa shape index (κ3) is 3.24. The summed E-state index contributed by atoms with van der Waals surface area (Å²) in [6.45, 7) is -0.521. The van der Waals surface area contributed by atoms with Crippen molar-refractivity contribution >= 4 is 40.9 Å². The largest absolute Gasteiger partial charge is 0.469 e. The number of hydrogen-bond donors (Lipinski definition) is 5. The Bertz CT molecular complexity index is 865. The molecule has 3 heterocycles. The van der Waals surface area contributed by atoms with E-state index in [-0.39, 0.29) is 17.1 Å². The van der Waals surface area contributed by atoms with Crippen molar-refractivity contribution < 1.29 is 28.7 Å². The van der Waals surface area contributed by atoms with Crippen LogP contribution in [0.1, 0.15) is 6.23 Å². The number of aliphatic hydroxyl groups is 1. The number of hydrogen-bond acceptors (Lipinski definition) is 8. The van der Waals surface area contributed by atoms with E-state index in [1.54, 1.807) is 0 Å². The lowest BCUT2D eigenvalue weighted by Crippen LogP contribution is -2.30. The van der Waals surface area contributed by atoms with Crippen molar-refractivity contribution in [2.75, 3.05) is 12.3 Å². The van der Waals surface area contributed by atoms with Crippen LogP contribution in [0.4, 0.5) is 5.95 Å². The summed E-state index contributed by atoms with van der Waals surface area (Å²) >= 11 is 3.26. The van der Waals surface area contributed by atoms with Gasteiger partial charge in [0.05, 0.1) is 23.9 Å². The van der Waals surface area contributed by atoms with Gasteiger partial charge in [-0.1, -0.05) is 15.9 Å². The molecule has 0 aliphatic carbocycles. The second-order valence-electron chi connectivity index (χ2n) is 5.06. The van der Waals surface area contributed by atoms with Crippen LogP contribution < -0.4 is 11.3 Å². The summed E-state index contributed by atoms with van der Waals surface area (Å²) in [6.07, 6.45) is -1.68. The molecule has 6 N–H and O–H groups in total. The Balaban J connectivity index is 1.90. The summed E-state index contributed by atoms with van der Waals surface area (Å²) in [5.74, 6) is -0.111. The van der Waals surface area contributed by atoms with E-state index in [2.05, 4.69) is 35.4 Å². The lowest BCUT2D eigenvalue weighted by Gasteiger charge is -2.16. The first-order chi connectivity index (χ1) is 11.2. The van der Waals surface area contributed by atoms with Gasteiger partial charge in [-0.2, -0.15) is 4.98 Å². The van der Waals surface area contributed by atoms with E-state index < -0.39 is 43.3 Å². The van der Waals surface area contributed by atoms with Crippen molar-refractivity contribution in [1.29, 1.82) is 0 Å². The fraction of sp³-hybridized carbons (Fsp3) is 0.500. The van der Waals surface area contributed by atoms with Crippen LogP contribution in [0, 0.1) is 0 Å². The summed E-state index contributed by atoms with van der Waals surface area (Å²) in [5.41, 5.74) is 5.18. The molecular formula is C10H13BrN5O7P. The predicted octanol–water partition coefficient (Wildman–Crippen LogP) is -1.17. The zero-order valence-corrected chi connectivity index (χ0v) is 14.3. The Morgan fingerprint density at radius 1 is 1.54 bits per heavy atom. The van der Waals surface area contributed by atoms with Crippen LogP contribution in [0.15, 0.2) is 11.1 Å². The number of ether oxygens (including phenoxy) is 1. The smallest absolute Gasteiger partial charge is 0.389 e. The number of halogens is 1. The van der Waals surface area contributed by atoms with Gasteiger partial charge in [-0.05, 0) is 0 Å². The van der Waals surface area contributed by atoms with Crippen LogP contribution in [-0.2, 0) is 13.8 Å². The number of nitrogen functional groups attached to an aromatic ring is 1. The molecule has 24 heavy (non-hydrogen) atoms. The second kappa shape index (κ2) is 6.19. The standard InChI is InChI=1S/C10H13BrN5O7P/c11-4-6(17)3(1-22-24(19,20)21)23-9(4)16-2-13-5-7(16)14-10(12)15-8(5)18/h2-4,6,9,17H,1H2,(H2,19,20,21)(H3,12,14,15,18)/t3-,4-,6-,9-/m1/s1. The maximum atomic E-state index is 11.8. The Kier molecular flexibility index (Phi) is 4.51. The van der Waals surface area contributed by atoms with E-state index in [0.29, 0.717) is 0 Å². The fourth-order valence-corrected chi connectivity index (χ4v) is 3.43. The molecule has 0 saturated carbocycles. The van der Waals surface area contributed by atoms with Crippen LogP contribution in [0.5, 0.6) is 0 Å². The number of nitrogens with zero attached hydrogens (tertiary/aromatic N) is 3. The lowest BCUT2D eigenvalue weighted by atomic mass is 10.2. The molecule has 2 aromatic heterocycles. The van der Waals surface area contributed by atoms with Gasteiger partial charge < -0.3 is 25.4 Å². The molecule has 1 fully saturated rings. The minimum atomic E-state index is -4.70. The van der Waals surface area contributed by atoms with E-state index >= 15 is 0 Å². The van der Waals surface area contributed by atoms with Gasteiger partial charge in [-0.15, -0.1) is 0 Å². The molecule has 0 radical (unpaired) electrons. The number of phosphoric ester groups is 1. The van der Waals surface area contributed by atoms with Crippen molar-refractivity contribution in [3.63, 3.8) is 0 Å². The van der Waals surface area contributed by atoms with Crippen LogP contribution in [0.2, 0.25) is 0 Å². The zero-order valence-electron chi connectivity index (χ0n) is 11.8. The molecule has 14 heteroatoms. The van der Waals surface area contributed by atoms with E-state index in [4.69, 9.17) is 20.3 Å². The number of phosphoric acid groups is 1. The Morgan fingerprint density at radius 2 is 2.25 bits per heavy atom. The van der Waals surface area contributed by atoms with Crippen molar-refractivity contribution in [3.8, 4) is 0 Å². The minimum absolute atomic E-state index is 0.0388. The highest BCUT2D eigenvalue weighted by molar-refractivity contribution is 9.09. The maximum absolute atomic E-state index is 11.8. The van der Waals surface area contributed by atoms with Gasteiger partial charge in [0.25, 0.3) is 5.56 Å². The predicted molar refractivity (Wildman–Crippen MR) is 83.2 cm³/mol. The number of aromatic nitrogens is 4. The second-order valence-corrected chi connectivity index (χ2v) is 7.36. The molecule has 132 valence electrons. The van der Waals surface area contributed by atoms with Crippen molar-refractivity contribution in [2.45, 2.75) is 23.3 Å². The Hall–Kier alpha value is -1.34. The number of nitrogens with two attached hydrogens (primary N) is 1. The van der Waals surface area contributed by atoms with Crippen molar-refractivity contribution in [1.82, 2.24) is 19.5 Å². The highest BCUT2D eigenvalue weighted by Gasteiger charge is 2.44. The van der Waals surface area contributed by atoms with E-state index in [1.807, 2.05) is 0 Å². The summed E-state index contributed by atoms with van der Waals surface area (Å²) in [7, 11) is -4.70. The molecule has 0 unspecified atom stereocenters. The average Bonchev–Trinajstić information content (AvgIpc) is 3.00. The number of imidazole rings is 1. The van der Waals surface area contributed by atoms with Gasteiger partial charge in [0, 0.05) is 0 Å². The summed E-state index contributed by atoms with van der Waals surface area (Å²) in [6, 6.07) is 0. The maximum Gasteiger partial charge on any atom is 0.469 e. The topological polar surface area (TPSA) is 186 Å². The number of H-pyrrole nitrogens is 1. The number of anilines is 1. The van der Waals surface area contributed by atoms with Crippen molar-refractivity contribution in [3.05, 3.63) is 16.7 Å². The Labute approximate surface area is 142 Å². The third-order valence-corrected chi connectivity index (χ3v) is 4.90. The molecule has 4 atom stereocenters. The summed E-state index contributed by atoms with van der Waals surface area (Å²) in [5, 5.41) is 10.2. The van der Waals surface area contributed by atoms with E-state index in [9.17, 15) is 14.5 Å². The van der Waals surface area contributed by atoms with Crippen LogP contribution >= 0.6 is 23.8 Å². The quantitative estimate of drug-likeness (QED) is 0.295. The number of alkyl halides is 1. The van der Waals surface area contributed by atoms with Crippen molar-refractivity contribution in [2.24, 2.45) is 0 Å². The first-order valence-electron chi connectivity index (χ1n) is 6.57. The first kappa shape index (κ1) is 17.5. The number of aromatic amines is 1. The van der Waals surface area contributed by atoms with E-state index in [1.165, 1.54) is 10.9 Å². The molecule has 1 aliphatic rings. The first-order valence-corrected chi connectivity index (χ1v) is 9.02. The normalized spacial score (nSPS) is 27.8. The molecule has 0 bridgehead atoms. The minimum Gasteiger partial charge on any atom is -0.389 e. The molecule has 2 aromatic rings. The summed E-state index contributed by atoms with van der Waals surface area (Å²) in [4.78, 5) is 38.9. The van der Waals surface area contributed by atoms with Crippen LogP contribution in [-0.4, -0.2) is 58.1 Å². The van der Waals surface area contributed by atoms with Gasteiger partial charge in [0.15, 0.2) is 17.4 Å². The van der Waals surface area contributed by atoms with Gasteiger partial charge in [0.1, 0.15) is 6.10 Å². The number of rotatable bonds is 4. The molecule has 0 amide bonds. The molecule has 1 aliphatic heterocycles. The highest BCUT2D eigenvalue weighted by Crippen LogP contribution is 2.40. The highest BCUT2D eigenvalue weighted by atomic mass is 79.9.